The molecule has 21 heavy (non-hydrogen) atoms. The van der Waals surface area contributed by atoms with Gasteiger partial charge in [-0.2, -0.15) is 0 Å². The van der Waals surface area contributed by atoms with Crippen molar-refractivity contribution in [3.05, 3.63) is 40.3 Å². The Bertz CT molecular complexity index is 516. The van der Waals surface area contributed by atoms with Crippen LogP contribution in [0.15, 0.2) is 35.3 Å². The van der Waals surface area contributed by atoms with Gasteiger partial charge < -0.3 is 9.64 Å². The smallest absolute Gasteiger partial charge is 0.260 e. The molecule has 1 heterocycles. The van der Waals surface area contributed by atoms with Gasteiger partial charge in [-0.1, -0.05) is 33.6 Å². The number of halogens is 2. The lowest BCUT2D eigenvalue weighted by atomic mass is 10.3. The van der Waals surface area contributed by atoms with Gasteiger partial charge >= 0.3 is 0 Å². The van der Waals surface area contributed by atoms with Crippen molar-refractivity contribution in [1.29, 1.82) is 0 Å². The lowest BCUT2D eigenvalue weighted by Gasteiger charge is -2.34. The van der Waals surface area contributed by atoms with Gasteiger partial charge in [0.2, 0.25) is 0 Å². The van der Waals surface area contributed by atoms with E-state index in [0.29, 0.717) is 10.8 Å². The van der Waals surface area contributed by atoms with Crippen LogP contribution in [0.25, 0.3) is 0 Å². The van der Waals surface area contributed by atoms with Gasteiger partial charge in [0.25, 0.3) is 5.91 Å². The fourth-order valence-corrected chi connectivity index (χ4v) is 2.91. The Hall–Kier alpha value is -1.04. The van der Waals surface area contributed by atoms with Crippen molar-refractivity contribution in [2.75, 3.05) is 39.3 Å². The standard InChI is InChI=1S/C15H18BrClN2O2/c1-2-5-18-6-8-19(9-7-18)15(20)11-21-14-4-3-12(16)10-13(14)17/h2-4,10H,1,5-9,11H2. The van der Waals surface area contributed by atoms with Gasteiger partial charge in [0.05, 0.1) is 5.02 Å². The summed E-state index contributed by atoms with van der Waals surface area (Å²) in [5.74, 6) is 0.519. The molecule has 6 heteroatoms. The topological polar surface area (TPSA) is 32.8 Å². The molecule has 0 unspecified atom stereocenters. The second kappa shape index (κ2) is 7.82. The summed E-state index contributed by atoms with van der Waals surface area (Å²) in [6, 6.07) is 5.33. The van der Waals surface area contributed by atoms with Gasteiger partial charge in [-0.25, -0.2) is 0 Å². The number of hydrogen-bond donors (Lipinski definition) is 0. The van der Waals surface area contributed by atoms with Crippen molar-refractivity contribution in [3.63, 3.8) is 0 Å². The molecule has 0 atom stereocenters. The molecular weight excluding hydrogens is 356 g/mol. The van der Waals surface area contributed by atoms with E-state index in [4.69, 9.17) is 16.3 Å². The fourth-order valence-electron chi connectivity index (χ4n) is 2.19. The third-order valence-electron chi connectivity index (χ3n) is 3.36. The molecule has 2 rings (SSSR count). The molecule has 4 nitrogen and oxygen atoms in total. The van der Waals surface area contributed by atoms with Crippen LogP contribution < -0.4 is 4.74 Å². The summed E-state index contributed by atoms with van der Waals surface area (Å²) >= 11 is 9.39. The monoisotopic (exact) mass is 372 g/mol. The highest BCUT2D eigenvalue weighted by Crippen LogP contribution is 2.27. The first kappa shape index (κ1) is 16.3. The predicted molar refractivity (Wildman–Crippen MR) is 87.9 cm³/mol. The molecule has 0 spiro atoms. The Morgan fingerprint density at radius 3 is 2.71 bits per heavy atom. The van der Waals surface area contributed by atoms with E-state index in [1.165, 1.54) is 0 Å². The summed E-state index contributed by atoms with van der Waals surface area (Å²) in [5, 5.41) is 0.493. The molecule has 1 fully saturated rings. The molecule has 0 saturated carbocycles. The van der Waals surface area contributed by atoms with Crippen LogP contribution in [0.4, 0.5) is 0 Å². The van der Waals surface area contributed by atoms with Crippen molar-refractivity contribution in [2.24, 2.45) is 0 Å². The number of carbonyl (C=O) groups is 1. The molecular formula is C15H18BrClN2O2. The van der Waals surface area contributed by atoms with Crippen LogP contribution in [0, 0.1) is 0 Å². The first-order valence-corrected chi connectivity index (χ1v) is 7.96. The van der Waals surface area contributed by atoms with Crippen LogP contribution in [0.1, 0.15) is 0 Å². The van der Waals surface area contributed by atoms with Gasteiger partial charge in [0.15, 0.2) is 6.61 Å². The summed E-state index contributed by atoms with van der Waals surface area (Å²) in [6.07, 6.45) is 1.89. The van der Waals surface area contributed by atoms with Crippen molar-refractivity contribution in [1.82, 2.24) is 9.80 Å². The maximum absolute atomic E-state index is 12.1. The van der Waals surface area contributed by atoms with E-state index in [1.54, 1.807) is 12.1 Å². The Morgan fingerprint density at radius 2 is 2.10 bits per heavy atom. The zero-order chi connectivity index (χ0) is 15.2. The number of amides is 1. The highest BCUT2D eigenvalue weighted by Gasteiger charge is 2.20. The zero-order valence-electron chi connectivity index (χ0n) is 11.7. The van der Waals surface area contributed by atoms with E-state index in [9.17, 15) is 4.79 Å². The molecule has 0 aliphatic carbocycles. The Labute approximate surface area is 138 Å². The van der Waals surface area contributed by atoms with Crippen molar-refractivity contribution in [2.45, 2.75) is 0 Å². The van der Waals surface area contributed by atoms with Crippen LogP contribution in [0.3, 0.4) is 0 Å². The van der Waals surface area contributed by atoms with Gasteiger partial charge in [0.1, 0.15) is 5.75 Å². The minimum Gasteiger partial charge on any atom is -0.482 e. The van der Waals surface area contributed by atoms with Crippen molar-refractivity contribution in [3.8, 4) is 5.75 Å². The molecule has 1 aromatic carbocycles. The molecule has 0 radical (unpaired) electrons. The summed E-state index contributed by atoms with van der Waals surface area (Å²) in [5.41, 5.74) is 0. The average Bonchev–Trinajstić information content (AvgIpc) is 2.47. The first-order valence-electron chi connectivity index (χ1n) is 6.79. The molecule has 0 aromatic heterocycles. The predicted octanol–water partition coefficient (Wildman–Crippen LogP) is 2.81. The quantitative estimate of drug-likeness (QED) is 0.744. The van der Waals surface area contributed by atoms with E-state index in [0.717, 1.165) is 37.2 Å². The molecule has 1 aliphatic rings. The molecule has 1 aromatic rings. The van der Waals surface area contributed by atoms with Crippen LogP contribution >= 0.6 is 27.5 Å². The molecule has 0 bridgehead atoms. The SMILES string of the molecule is C=CCN1CCN(C(=O)COc2ccc(Br)cc2Cl)CC1. The number of nitrogens with zero attached hydrogens (tertiary/aromatic N) is 2. The van der Waals surface area contributed by atoms with Gasteiger partial charge in [-0.05, 0) is 18.2 Å². The van der Waals surface area contributed by atoms with Crippen LogP contribution in [0.2, 0.25) is 5.02 Å². The normalized spacial score (nSPS) is 15.8. The number of hydrogen-bond acceptors (Lipinski definition) is 3. The number of carbonyl (C=O) groups excluding carboxylic acids is 1. The van der Waals surface area contributed by atoms with E-state index in [2.05, 4.69) is 27.4 Å². The number of rotatable bonds is 5. The molecule has 0 N–H and O–H groups in total. The van der Waals surface area contributed by atoms with Crippen LogP contribution in [-0.4, -0.2) is 55.0 Å². The molecule has 1 amide bonds. The van der Waals surface area contributed by atoms with Crippen molar-refractivity contribution < 1.29 is 9.53 Å². The lowest BCUT2D eigenvalue weighted by Crippen LogP contribution is -2.49. The minimum absolute atomic E-state index is 0.00719. The molecule has 1 saturated heterocycles. The van der Waals surface area contributed by atoms with Crippen LogP contribution in [0.5, 0.6) is 5.75 Å². The summed E-state index contributed by atoms with van der Waals surface area (Å²) in [6.45, 7) is 7.81. The Morgan fingerprint density at radius 1 is 1.38 bits per heavy atom. The highest BCUT2D eigenvalue weighted by atomic mass is 79.9. The second-order valence-electron chi connectivity index (χ2n) is 4.83. The maximum Gasteiger partial charge on any atom is 0.260 e. The zero-order valence-corrected chi connectivity index (χ0v) is 14.1. The Balaban J connectivity index is 1.81. The fraction of sp³-hybridized carbons (Fsp3) is 0.400. The Kier molecular flexibility index (Phi) is 6.08. The van der Waals surface area contributed by atoms with E-state index >= 15 is 0 Å². The van der Waals surface area contributed by atoms with E-state index < -0.39 is 0 Å². The third-order valence-corrected chi connectivity index (χ3v) is 4.15. The average molecular weight is 374 g/mol. The summed E-state index contributed by atoms with van der Waals surface area (Å²) in [7, 11) is 0. The minimum atomic E-state index is -0.00719. The third kappa shape index (κ3) is 4.73. The second-order valence-corrected chi connectivity index (χ2v) is 6.16. The molecule has 1 aliphatic heterocycles. The van der Waals surface area contributed by atoms with E-state index in [-0.39, 0.29) is 12.5 Å². The van der Waals surface area contributed by atoms with Gasteiger partial charge in [-0.15, -0.1) is 6.58 Å². The van der Waals surface area contributed by atoms with E-state index in [1.807, 2.05) is 17.0 Å². The first-order chi connectivity index (χ1) is 10.1. The summed E-state index contributed by atoms with van der Waals surface area (Å²) < 4.78 is 6.39. The largest absolute Gasteiger partial charge is 0.482 e. The maximum atomic E-state index is 12.1. The number of benzene rings is 1. The van der Waals surface area contributed by atoms with Crippen LogP contribution in [-0.2, 0) is 4.79 Å². The van der Waals surface area contributed by atoms with Gasteiger partial charge in [-0.3, -0.25) is 9.69 Å². The van der Waals surface area contributed by atoms with Crippen molar-refractivity contribution >= 4 is 33.4 Å². The number of piperazine rings is 1. The van der Waals surface area contributed by atoms with Gasteiger partial charge in [0, 0.05) is 37.2 Å². The number of ether oxygens (including phenoxy) is 1. The summed E-state index contributed by atoms with van der Waals surface area (Å²) in [4.78, 5) is 16.2. The highest BCUT2D eigenvalue weighted by molar-refractivity contribution is 9.10. The lowest BCUT2D eigenvalue weighted by molar-refractivity contribution is -0.135. The molecule has 114 valence electrons.